The summed E-state index contributed by atoms with van der Waals surface area (Å²) in [4.78, 5) is 52.0. The van der Waals surface area contributed by atoms with Gasteiger partial charge in [-0.3, -0.25) is 24.2 Å². The lowest BCUT2D eigenvalue weighted by Gasteiger charge is -2.55. The summed E-state index contributed by atoms with van der Waals surface area (Å²) < 4.78 is 0. The van der Waals surface area contributed by atoms with Gasteiger partial charge in [0.2, 0.25) is 17.7 Å². The van der Waals surface area contributed by atoms with Crippen LogP contribution in [-0.2, 0) is 25.6 Å². The van der Waals surface area contributed by atoms with E-state index in [2.05, 4.69) is 15.6 Å². The average Bonchev–Trinajstić information content (AvgIpc) is 2.84. The van der Waals surface area contributed by atoms with E-state index >= 15 is 0 Å². The van der Waals surface area contributed by atoms with Gasteiger partial charge in [0.05, 0.1) is 0 Å². The van der Waals surface area contributed by atoms with Crippen molar-refractivity contribution in [2.24, 2.45) is 45.4 Å². The lowest BCUT2D eigenvalue weighted by Crippen LogP contribution is -2.58. The number of carboxylic acid groups (broad SMARTS) is 1. The Labute approximate surface area is 229 Å². The molecule has 4 fully saturated rings. The molecule has 4 aliphatic carbocycles. The van der Waals surface area contributed by atoms with Gasteiger partial charge in [0.1, 0.15) is 12.1 Å². The molecule has 2 unspecified atom stereocenters. The van der Waals surface area contributed by atoms with E-state index in [1.807, 2.05) is 30.3 Å². The van der Waals surface area contributed by atoms with E-state index in [4.69, 9.17) is 27.1 Å². The topological polar surface area (TPSA) is 203 Å². The molecule has 4 aliphatic rings. The van der Waals surface area contributed by atoms with Gasteiger partial charge in [-0.25, -0.2) is 0 Å². The molecule has 2 atom stereocenters. The smallest absolute Gasteiger partial charge is 0.300 e. The van der Waals surface area contributed by atoms with E-state index in [0.717, 1.165) is 31.7 Å². The van der Waals surface area contributed by atoms with Crippen LogP contribution in [0.25, 0.3) is 0 Å². The zero-order valence-electron chi connectivity index (χ0n) is 22.6. The maximum absolute atomic E-state index is 13.6. The number of benzene rings is 1. The van der Waals surface area contributed by atoms with Crippen LogP contribution >= 0.6 is 0 Å². The molecule has 0 aromatic heterocycles. The standard InChI is InChI=1S/C26H38N6O3.C2H4O2/c27-22(33)21(12-16-5-2-1-3-6-16)31-23(34)20(7-4-8-30-25(28)29)32-24(35)26-13-17-9-18(14-26)11-19(10-17)15-26;1-2(3)4/h1-3,5-6,17-21H,4,7-15H2,(H2,27,33)(H,31,34)(H,32,35)(H4,28,29,30);1H3,(H,3,4). The van der Waals surface area contributed by atoms with Gasteiger partial charge in [-0.1, -0.05) is 30.3 Å². The molecule has 0 aliphatic heterocycles. The van der Waals surface area contributed by atoms with Gasteiger partial charge in [0, 0.05) is 25.3 Å². The summed E-state index contributed by atoms with van der Waals surface area (Å²) in [6, 6.07) is 7.71. The summed E-state index contributed by atoms with van der Waals surface area (Å²) in [6.07, 6.45) is 7.57. The first-order valence-electron chi connectivity index (χ1n) is 13.7. The second kappa shape index (κ2) is 13.4. The molecule has 9 N–H and O–H groups in total. The monoisotopic (exact) mass is 542 g/mol. The number of nitrogens with two attached hydrogens (primary N) is 3. The number of amides is 3. The summed E-state index contributed by atoms with van der Waals surface area (Å²) in [7, 11) is 0. The Bertz CT molecular complexity index is 1020. The highest BCUT2D eigenvalue weighted by Crippen LogP contribution is 2.60. The van der Waals surface area contributed by atoms with Crippen LogP contribution in [0.5, 0.6) is 0 Å². The lowest BCUT2D eigenvalue weighted by atomic mass is 9.49. The van der Waals surface area contributed by atoms with Crippen LogP contribution < -0.4 is 27.8 Å². The molecule has 11 heteroatoms. The van der Waals surface area contributed by atoms with Crippen LogP contribution in [0.1, 0.15) is 63.9 Å². The molecule has 4 saturated carbocycles. The fourth-order valence-corrected chi connectivity index (χ4v) is 6.82. The fraction of sp³-hybridized carbons (Fsp3) is 0.607. The van der Waals surface area contributed by atoms with Gasteiger partial charge in [0.25, 0.3) is 5.97 Å². The first-order valence-corrected chi connectivity index (χ1v) is 13.7. The molecule has 11 nitrogen and oxygen atoms in total. The van der Waals surface area contributed by atoms with Crippen molar-refractivity contribution >= 4 is 29.7 Å². The van der Waals surface area contributed by atoms with Crippen LogP contribution in [0.3, 0.4) is 0 Å². The number of aliphatic carboxylic acids is 1. The zero-order valence-corrected chi connectivity index (χ0v) is 22.6. The Balaban J connectivity index is 0.000000983. The Kier molecular flexibility index (Phi) is 10.3. The Morgan fingerprint density at radius 1 is 0.949 bits per heavy atom. The normalized spacial score (nSPS) is 25.8. The quantitative estimate of drug-likeness (QED) is 0.136. The molecule has 0 saturated heterocycles. The zero-order chi connectivity index (χ0) is 28.6. The number of guanidine groups is 1. The van der Waals surface area contributed by atoms with Crippen molar-refractivity contribution in [2.45, 2.75) is 76.8 Å². The predicted molar refractivity (Wildman–Crippen MR) is 147 cm³/mol. The molecular formula is C28H42N6O5. The number of nitrogens with one attached hydrogen (secondary N) is 2. The second-order valence-corrected chi connectivity index (χ2v) is 11.3. The summed E-state index contributed by atoms with van der Waals surface area (Å²) in [5.41, 5.74) is 17.0. The molecule has 4 bridgehead atoms. The minimum Gasteiger partial charge on any atom is -0.481 e. The fourth-order valence-electron chi connectivity index (χ4n) is 6.82. The van der Waals surface area contributed by atoms with Crippen molar-refractivity contribution in [3.05, 3.63) is 35.9 Å². The molecule has 0 spiro atoms. The van der Waals surface area contributed by atoms with E-state index in [1.54, 1.807) is 0 Å². The minimum absolute atomic E-state index is 0.0137. The first kappa shape index (κ1) is 29.9. The maximum atomic E-state index is 13.6. The molecule has 1 aromatic carbocycles. The predicted octanol–water partition coefficient (Wildman–Crippen LogP) is 1.04. The summed E-state index contributed by atoms with van der Waals surface area (Å²) in [5, 5.41) is 13.3. The Morgan fingerprint density at radius 3 is 1.97 bits per heavy atom. The highest BCUT2D eigenvalue weighted by molar-refractivity contribution is 5.93. The third-order valence-corrected chi connectivity index (χ3v) is 8.03. The largest absolute Gasteiger partial charge is 0.481 e. The van der Waals surface area contributed by atoms with Crippen LogP contribution in [0, 0.1) is 23.2 Å². The number of carbonyl (C=O) groups excluding carboxylic acids is 3. The van der Waals surface area contributed by atoms with Crippen molar-refractivity contribution in [1.29, 1.82) is 0 Å². The van der Waals surface area contributed by atoms with Gasteiger partial charge in [-0.2, -0.15) is 0 Å². The van der Waals surface area contributed by atoms with Gasteiger partial charge in [-0.15, -0.1) is 0 Å². The van der Waals surface area contributed by atoms with Gasteiger partial charge in [-0.05, 0) is 74.7 Å². The number of carboxylic acids is 1. The van der Waals surface area contributed by atoms with Crippen LogP contribution in [0.4, 0.5) is 0 Å². The summed E-state index contributed by atoms with van der Waals surface area (Å²) >= 11 is 0. The number of carbonyl (C=O) groups is 4. The first-order chi connectivity index (χ1) is 18.5. The Hall–Kier alpha value is -3.63. The highest BCUT2D eigenvalue weighted by Gasteiger charge is 2.55. The number of hydrogen-bond donors (Lipinski definition) is 6. The number of hydrogen-bond acceptors (Lipinski definition) is 5. The van der Waals surface area contributed by atoms with Crippen molar-refractivity contribution < 1.29 is 24.3 Å². The maximum Gasteiger partial charge on any atom is 0.300 e. The minimum atomic E-state index is -0.874. The van der Waals surface area contributed by atoms with Crippen molar-refractivity contribution in [3.8, 4) is 0 Å². The van der Waals surface area contributed by atoms with E-state index in [9.17, 15) is 14.4 Å². The molecule has 1 aromatic rings. The third kappa shape index (κ3) is 8.69. The van der Waals surface area contributed by atoms with Crippen LogP contribution in [0.15, 0.2) is 35.3 Å². The van der Waals surface area contributed by atoms with Crippen LogP contribution in [0.2, 0.25) is 0 Å². The van der Waals surface area contributed by atoms with Gasteiger partial charge in [0.15, 0.2) is 5.96 Å². The van der Waals surface area contributed by atoms with Crippen molar-refractivity contribution in [3.63, 3.8) is 0 Å². The third-order valence-electron chi connectivity index (χ3n) is 8.03. The van der Waals surface area contributed by atoms with E-state index < -0.39 is 29.9 Å². The van der Waals surface area contributed by atoms with Crippen molar-refractivity contribution in [1.82, 2.24) is 10.6 Å². The molecule has 5 rings (SSSR count). The number of primary amides is 1. The number of nitrogens with zero attached hydrogens (tertiary/aromatic N) is 1. The average molecular weight is 543 g/mol. The molecule has 214 valence electrons. The lowest BCUT2D eigenvalue weighted by molar-refractivity contribution is -0.148. The van der Waals surface area contributed by atoms with E-state index in [1.165, 1.54) is 19.3 Å². The SMILES string of the molecule is CC(=O)O.NC(=O)C(Cc1ccccc1)NC(=O)C(CCCN=C(N)N)NC(=O)C12CC3CC(CC(C3)C1)C2. The molecule has 39 heavy (non-hydrogen) atoms. The van der Waals surface area contributed by atoms with E-state index in [0.29, 0.717) is 37.1 Å². The number of rotatable bonds is 11. The highest BCUT2D eigenvalue weighted by atomic mass is 16.4. The van der Waals surface area contributed by atoms with Crippen molar-refractivity contribution in [2.75, 3.05) is 6.54 Å². The van der Waals surface area contributed by atoms with E-state index in [-0.39, 0.29) is 23.7 Å². The Morgan fingerprint density at radius 2 is 1.49 bits per heavy atom. The molecule has 0 radical (unpaired) electrons. The summed E-state index contributed by atoms with van der Waals surface area (Å²) in [5.74, 6) is -0.0531. The number of aliphatic imine (C=N–C) groups is 1. The van der Waals surface area contributed by atoms with Gasteiger partial charge < -0.3 is 32.9 Å². The second-order valence-electron chi connectivity index (χ2n) is 11.3. The molecule has 3 amide bonds. The van der Waals surface area contributed by atoms with Gasteiger partial charge >= 0.3 is 0 Å². The molecule has 0 heterocycles. The summed E-state index contributed by atoms with van der Waals surface area (Å²) in [6.45, 7) is 1.43. The van der Waals surface area contributed by atoms with Crippen LogP contribution in [-0.4, -0.2) is 53.4 Å². The molecular weight excluding hydrogens is 500 g/mol.